The molecule has 25 heavy (non-hydrogen) atoms. The van der Waals surface area contributed by atoms with E-state index in [1.807, 2.05) is 11.4 Å². The predicted molar refractivity (Wildman–Crippen MR) is 101 cm³/mol. The van der Waals surface area contributed by atoms with Gasteiger partial charge in [0.15, 0.2) is 0 Å². The summed E-state index contributed by atoms with van der Waals surface area (Å²) in [5, 5.41) is 6.71. The van der Waals surface area contributed by atoms with E-state index in [9.17, 15) is 13.2 Å². The van der Waals surface area contributed by atoms with Crippen LogP contribution in [0.4, 0.5) is 4.79 Å². The Kier molecular flexibility index (Phi) is 6.10. The molecule has 1 aliphatic rings. The van der Waals surface area contributed by atoms with Crippen molar-refractivity contribution in [3.63, 3.8) is 0 Å². The second kappa shape index (κ2) is 8.31. The number of thiophene rings is 2. The van der Waals surface area contributed by atoms with E-state index in [4.69, 9.17) is 0 Å². The van der Waals surface area contributed by atoms with Crippen LogP contribution >= 0.6 is 22.7 Å². The van der Waals surface area contributed by atoms with Crippen molar-refractivity contribution in [1.29, 1.82) is 0 Å². The van der Waals surface area contributed by atoms with E-state index < -0.39 is 10.0 Å². The minimum Gasteiger partial charge on any atom is -0.338 e. The summed E-state index contributed by atoms with van der Waals surface area (Å²) < 4.78 is 27.6. The lowest BCUT2D eigenvalue weighted by molar-refractivity contribution is 0.180. The van der Waals surface area contributed by atoms with Gasteiger partial charge in [-0.25, -0.2) is 17.9 Å². The molecule has 2 N–H and O–H groups in total. The molecule has 3 heterocycles. The van der Waals surface area contributed by atoms with Crippen LogP contribution in [0.3, 0.4) is 0 Å². The van der Waals surface area contributed by atoms with Crippen molar-refractivity contribution in [3.05, 3.63) is 39.9 Å². The molecular weight excluding hydrogens is 378 g/mol. The van der Waals surface area contributed by atoms with E-state index >= 15 is 0 Å². The summed E-state index contributed by atoms with van der Waals surface area (Å²) in [5.74, 6) is 0. The van der Waals surface area contributed by atoms with Gasteiger partial charge >= 0.3 is 6.03 Å². The van der Waals surface area contributed by atoms with Crippen LogP contribution in [0.25, 0.3) is 0 Å². The molecule has 0 aliphatic carbocycles. The Morgan fingerprint density at radius 2 is 1.88 bits per heavy atom. The number of likely N-dealkylation sites (tertiary alicyclic amines) is 1. The quantitative estimate of drug-likeness (QED) is 0.783. The molecule has 0 bridgehead atoms. The first-order chi connectivity index (χ1) is 12.0. The molecule has 0 saturated carbocycles. The van der Waals surface area contributed by atoms with E-state index in [0.29, 0.717) is 36.7 Å². The van der Waals surface area contributed by atoms with Crippen LogP contribution in [-0.2, 0) is 16.4 Å². The molecule has 0 atom stereocenters. The van der Waals surface area contributed by atoms with Gasteiger partial charge in [0.2, 0.25) is 10.0 Å². The van der Waals surface area contributed by atoms with Gasteiger partial charge in [0.1, 0.15) is 4.21 Å². The summed E-state index contributed by atoms with van der Waals surface area (Å²) >= 11 is 2.89. The molecule has 0 aromatic carbocycles. The zero-order valence-corrected chi connectivity index (χ0v) is 16.1. The maximum Gasteiger partial charge on any atom is 0.317 e. The first kappa shape index (κ1) is 18.4. The Labute approximate surface area is 155 Å². The number of carbonyl (C=O) groups excluding carboxylic acids is 1. The molecule has 1 saturated heterocycles. The van der Waals surface area contributed by atoms with Gasteiger partial charge in [-0.3, -0.25) is 0 Å². The van der Waals surface area contributed by atoms with Gasteiger partial charge in [0, 0.05) is 30.6 Å². The highest BCUT2D eigenvalue weighted by Gasteiger charge is 2.26. The third-order valence-electron chi connectivity index (χ3n) is 4.09. The molecule has 2 aromatic heterocycles. The molecule has 2 amide bonds. The zero-order chi connectivity index (χ0) is 17.7. The Balaban J connectivity index is 1.41. The largest absolute Gasteiger partial charge is 0.338 e. The molecule has 1 fully saturated rings. The lowest BCUT2D eigenvalue weighted by atomic mass is 10.1. The number of hydrogen-bond acceptors (Lipinski definition) is 5. The van der Waals surface area contributed by atoms with Crippen LogP contribution in [-0.4, -0.2) is 45.0 Å². The third kappa shape index (κ3) is 5.04. The van der Waals surface area contributed by atoms with E-state index in [1.165, 1.54) is 16.2 Å². The highest BCUT2D eigenvalue weighted by atomic mass is 32.2. The third-order valence-corrected chi connectivity index (χ3v) is 7.95. The van der Waals surface area contributed by atoms with Crippen molar-refractivity contribution in [2.24, 2.45) is 0 Å². The highest BCUT2D eigenvalue weighted by Crippen LogP contribution is 2.18. The lowest BCUT2D eigenvalue weighted by Gasteiger charge is -2.32. The van der Waals surface area contributed by atoms with Gasteiger partial charge in [-0.15, -0.1) is 22.7 Å². The van der Waals surface area contributed by atoms with Crippen molar-refractivity contribution in [3.8, 4) is 0 Å². The molecule has 6 nitrogen and oxygen atoms in total. The van der Waals surface area contributed by atoms with Gasteiger partial charge in [0.05, 0.1) is 0 Å². The molecule has 3 rings (SSSR count). The van der Waals surface area contributed by atoms with Crippen molar-refractivity contribution >= 4 is 38.7 Å². The van der Waals surface area contributed by atoms with E-state index in [1.54, 1.807) is 33.7 Å². The van der Waals surface area contributed by atoms with E-state index in [2.05, 4.69) is 16.1 Å². The van der Waals surface area contributed by atoms with Gasteiger partial charge in [-0.05, 0) is 42.2 Å². The van der Waals surface area contributed by atoms with Crippen LogP contribution in [0.5, 0.6) is 0 Å². The second-order valence-electron chi connectivity index (χ2n) is 5.88. The molecule has 2 aromatic rings. The lowest BCUT2D eigenvalue weighted by Crippen LogP contribution is -2.49. The minimum atomic E-state index is -3.44. The monoisotopic (exact) mass is 399 g/mol. The maximum atomic E-state index is 12.2. The summed E-state index contributed by atoms with van der Waals surface area (Å²) in [7, 11) is -3.44. The topological polar surface area (TPSA) is 78.5 Å². The summed E-state index contributed by atoms with van der Waals surface area (Å²) in [4.78, 5) is 15.2. The molecule has 0 unspecified atom stereocenters. The average molecular weight is 400 g/mol. The van der Waals surface area contributed by atoms with Crippen molar-refractivity contribution in [1.82, 2.24) is 14.9 Å². The van der Waals surface area contributed by atoms with Crippen LogP contribution < -0.4 is 10.0 Å². The second-order valence-corrected chi connectivity index (χ2v) is 9.80. The van der Waals surface area contributed by atoms with Gasteiger partial charge in [0.25, 0.3) is 0 Å². The number of sulfonamides is 1. The zero-order valence-electron chi connectivity index (χ0n) is 13.7. The van der Waals surface area contributed by atoms with Gasteiger partial charge in [-0.1, -0.05) is 12.1 Å². The standard InChI is InChI=1S/C16H21N3O3S3/c20-16(17-8-5-14-3-1-11-23-14)19-9-6-13(7-10-19)18-25(21,22)15-4-2-12-24-15/h1-4,11-13,18H,5-10H2,(H,17,20). The van der Waals surface area contributed by atoms with Crippen LogP contribution in [0.15, 0.2) is 39.2 Å². The number of nitrogens with one attached hydrogen (secondary N) is 2. The Hall–Kier alpha value is -1.42. The van der Waals surface area contributed by atoms with Crippen LogP contribution in [0.2, 0.25) is 0 Å². The van der Waals surface area contributed by atoms with Crippen LogP contribution in [0.1, 0.15) is 17.7 Å². The number of nitrogens with zero attached hydrogens (tertiary/aromatic N) is 1. The minimum absolute atomic E-state index is 0.0730. The number of rotatable bonds is 6. The fourth-order valence-electron chi connectivity index (χ4n) is 2.75. The Morgan fingerprint density at radius 1 is 1.16 bits per heavy atom. The summed E-state index contributed by atoms with van der Waals surface area (Å²) in [6.07, 6.45) is 2.09. The van der Waals surface area contributed by atoms with Crippen molar-refractivity contribution < 1.29 is 13.2 Å². The first-order valence-corrected chi connectivity index (χ1v) is 11.4. The van der Waals surface area contributed by atoms with E-state index in [-0.39, 0.29) is 12.1 Å². The molecule has 136 valence electrons. The smallest absolute Gasteiger partial charge is 0.317 e. The average Bonchev–Trinajstić information content (AvgIpc) is 3.29. The first-order valence-electron chi connectivity index (χ1n) is 8.15. The normalized spacial score (nSPS) is 16.1. The SMILES string of the molecule is O=C(NCCc1cccs1)N1CCC(NS(=O)(=O)c2cccs2)CC1. The number of piperidine rings is 1. The maximum absolute atomic E-state index is 12.2. The fraction of sp³-hybridized carbons (Fsp3) is 0.438. The molecule has 0 spiro atoms. The fourth-order valence-corrected chi connectivity index (χ4v) is 5.78. The Morgan fingerprint density at radius 3 is 2.52 bits per heavy atom. The predicted octanol–water partition coefficient (Wildman–Crippen LogP) is 2.50. The van der Waals surface area contributed by atoms with Crippen LogP contribution in [0, 0.1) is 0 Å². The number of urea groups is 1. The Bertz CT molecular complexity index is 765. The van der Waals surface area contributed by atoms with Gasteiger partial charge in [-0.2, -0.15) is 0 Å². The number of hydrogen-bond donors (Lipinski definition) is 2. The summed E-state index contributed by atoms with van der Waals surface area (Å²) in [6, 6.07) is 7.19. The summed E-state index contributed by atoms with van der Waals surface area (Å²) in [5.41, 5.74) is 0. The molecule has 9 heteroatoms. The number of amides is 2. The number of carbonyl (C=O) groups is 1. The van der Waals surface area contributed by atoms with E-state index in [0.717, 1.165) is 6.42 Å². The molecule has 0 radical (unpaired) electrons. The van der Waals surface area contributed by atoms with Crippen molar-refractivity contribution in [2.75, 3.05) is 19.6 Å². The van der Waals surface area contributed by atoms with Crippen molar-refractivity contribution in [2.45, 2.75) is 29.5 Å². The molecular formula is C16H21N3O3S3. The summed E-state index contributed by atoms with van der Waals surface area (Å²) in [6.45, 7) is 1.73. The highest BCUT2D eigenvalue weighted by molar-refractivity contribution is 7.91. The van der Waals surface area contributed by atoms with Gasteiger partial charge < -0.3 is 10.2 Å². The molecule has 1 aliphatic heterocycles.